The minimum atomic E-state index is -3.69. The zero-order valence-electron chi connectivity index (χ0n) is 6.80. The van der Waals surface area contributed by atoms with Gasteiger partial charge in [0.15, 0.2) is 5.82 Å². The molecule has 0 aliphatic heterocycles. The summed E-state index contributed by atoms with van der Waals surface area (Å²) in [5, 5.41) is 8.73. The second-order valence-electron chi connectivity index (χ2n) is 2.36. The van der Waals surface area contributed by atoms with Gasteiger partial charge < -0.3 is 0 Å². The molecule has 0 aliphatic rings. The van der Waals surface area contributed by atoms with E-state index in [9.17, 15) is 8.42 Å². The van der Waals surface area contributed by atoms with Crippen molar-refractivity contribution in [1.29, 1.82) is 0 Å². The number of aryl methyl sites for hydroxylation is 1. The third-order valence-corrected chi connectivity index (χ3v) is 2.35. The van der Waals surface area contributed by atoms with E-state index in [-0.39, 0.29) is 0 Å². The van der Waals surface area contributed by atoms with E-state index < -0.39 is 10.2 Å². The van der Waals surface area contributed by atoms with E-state index in [0.717, 1.165) is 4.31 Å². The van der Waals surface area contributed by atoms with Gasteiger partial charge in [-0.15, -0.1) is 0 Å². The average molecular weight is 190 g/mol. The van der Waals surface area contributed by atoms with Crippen LogP contribution in [-0.2, 0) is 17.3 Å². The van der Waals surface area contributed by atoms with Crippen LogP contribution in [0.15, 0.2) is 12.3 Å². The van der Waals surface area contributed by atoms with Gasteiger partial charge >= 0.3 is 0 Å². The molecule has 0 fully saturated rings. The Bertz CT molecular complexity index is 369. The zero-order chi connectivity index (χ0) is 9.35. The first-order valence-corrected chi connectivity index (χ1v) is 4.68. The lowest BCUT2D eigenvalue weighted by Gasteiger charge is -2.11. The van der Waals surface area contributed by atoms with Gasteiger partial charge in [0.2, 0.25) is 0 Å². The van der Waals surface area contributed by atoms with Crippen LogP contribution in [0, 0.1) is 0 Å². The highest BCUT2D eigenvalue weighted by Crippen LogP contribution is 2.08. The second kappa shape index (κ2) is 2.76. The molecule has 0 saturated carbocycles. The van der Waals surface area contributed by atoms with Crippen LogP contribution in [0.2, 0.25) is 0 Å². The fraction of sp³-hybridized carbons (Fsp3) is 0.400. The SMILES string of the molecule is CN(c1ccn(C)n1)S(N)(=O)=O. The van der Waals surface area contributed by atoms with Crippen molar-refractivity contribution in [3.8, 4) is 0 Å². The van der Waals surface area contributed by atoms with Gasteiger partial charge in [0, 0.05) is 26.4 Å². The highest BCUT2D eigenvalue weighted by Gasteiger charge is 2.13. The van der Waals surface area contributed by atoms with Gasteiger partial charge in [-0.25, -0.2) is 9.44 Å². The molecule has 0 unspecified atom stereocenters. The first kappa shape index (κ1) is 9.01. The summed E-state index contributed by atoms with van der Waals surface area (Å²) in [5.74, 6) is 0.306. The molecule has 0 spiro atoms. The Labute approximate surface area is 70.8 Å². The molecule has 6 nitrogen and oxygen atoms in total. The average Bonchev–Trinajstić information content (AvgIpc) is 2.32. The third kappa shape index (κ3) is 1.74. The summed E-state index contributed by atoms with van der Waals surface area (Å²) in [5.41, 5.74) is 0. The maximum Gasteiger partial charge on any atom is 0.299 e. The molecule has 1 aromatic rings. The molecule has 0 radical (unpaired) electrons. The molecular weight excluding hydrogens is 180 g/mol. The van der Waals surface area contributed by atoms with E-state index in [1.807, 2.05) is 0 Å². The van der Waals surface area contributed by atoms with Crippen LogP contribution < -0.4 is 9.44 Å². The molecule has 0 bridgehead atoms. The minimum Gasteiger partial charge on any atom is -0.274 e. The van der Waals surface area contributed by atoms with Gasteiger partial charge in [0.05, 0.1) is 0 Å². The molecule has 0 amide bonds. The first-order valence-electron chi connectivity index (χ1n) is 3.17. The fourth-order valence-corrected chi connectivity index (χ4v) is 1.06. The third-order valence-electron chi connectivity index (χ3n) is 1.40. The van der Waals surface area contributed by atoms with Crippen molar-refractivity contribution in [3.63, 3.8) is 0 Å². The summed E-state index contributed by atoms with van der Waals surface area (Å²) >= 11 is 0. The lowest BCUT2D eigenvalue weighted by atomic mass is 10.6. The van der Waals surface area contributed by atoms with E-state index in [1.165, 1.54) is 11.7 Å². The number of anilines is 1. The topological polar surface area (TPSA) is 81.2 Å². The molecule has 1 rings (SSSR count). The molecule has 1 heterocycles. The van der Waals surface area contributed by atoms with Crippen molar-refractivity contribution in [2.45, 2.75) is 0 Å². The van der Waals surface area contributed by atoms with E-state index in [0.29, 0.717) is 5.82 Å². The second-order valence-corrected chi connectivity index (χ2v) is 3.94. The number of nitrogens with zero attached hydrogens (tertiary/aromatic N) is 3. The quantitative estimate of drug-likeness (QED) is 0.653. The number of rotatable bonds is 2. The van der Waals surface area contributed by atoms with Crippen LogP contribution in [0.5, 0.6) is 0 Å². The van der Waals surface area contributed by atoms with Crippen molar-refractivity contribution in [3.05, 3.63) is 12.3 Å². The summed E-state index contributed by atoms with van der Waals surface area (Å²) in [4.78, 5) is 0. The molecular formula is C5H10N4O2S. The molecule has 0 saturated heterocycles. The fourth-order valence-electron chi connectivity index (χ4n) is 0.701. The lowest BCUT2D eigenvalue weighted by Crippen LogP contribution is -2.33. The maximum atomic E-state index is 10.8. The predicted octanol–water partition coefficient (Wildman–Crippen LogP) is -0.940. The molecule has 12 heavy (non-hydrogen) atoms. The Morgan fingerprint density at radius 3 is 2.58 bits per heavy atom. The molecule has 68 valence electrons. The van der Waals surface area contributed by atoms with Crippen LogP contribution in [0.3, 0.4) is 0 Å². The number of hydrogen-bond donors (Lipinski definition) is 1. The molecule has 0 atom stereocenters. The van der Waals surface area contributed by atoms with Crippen molar-refractivity contribution < 1.29 is 8.42 Å². The van der Waals surface area contributed by atoms with Crippen LogP contribution in [0.4, 0.5) is 5.82 Å². The smallest absolute Gasteiger partial charge is 0.274 e. The summed E-state index contributed by atoms with van der Waals surface area (Å²) in [7, 11) is -0.645. The molecule has 0 aliphatic carbocycles. The molecule has 2 N–H and O–H groups in total. The highest BCUT2D eigenvalue weighted by molar-refractivity contribution is 7.90. The van der Waals surface area contributed by atoms with Crippen LogP contribution in [-0.4, -0.2) is 25.2 Å². The Balaban J connectivity index is 3.01. The van der Waals surface area contributed by atoms with Gasteiger partial charge in [-0.1, -0.05) is 0 Å². The maximum absolute atomic E-state index is 10.8. The van der Waals surface area contributed by atoms with Crippen molar-refractivity contribution in [1.82, 2.24) is 9.78 Å². The Morgan fingerprint density at radius 1 is 1.67 bits per heavy atom. The largest absolute Gasteiger partial charge is 0.299 e. The van der Waals surface area contributed by atoms with Crippen LogP contribution >= 0.6 is 0 Å². The summed E-state index contributed by atoms with van der Waals surface area (Å²) < 4.78 is 24.0. The van der Waals surface area contributed by atoms with Crippen molar-refractivity contribution in [2.24, 2.45) is 12.2 Å². The Hall–Kier alpha value is -1.08. The van der Waals surface area contributed by atoms with E-state index >= 15 is 0 Å². The van der Waals surface area contributed by atoms with Crippen LogP contribution in [0.25, 0.3) is 0 Å². The lowest BCUT2D eigenvalue weighted by molar-refractivity contribution is 0.595. The standard InChI is InChI=1S/C5H10N4O2S/c1-8-4-3-5(7-8)9(2)12(6,10)11/h3-4H,1-2H3,(H2,6,10,11). The number of nitrogens with two attached hydrogens (primary N) is 1. The Kier molecular flexibility index (Phi) is 2.07. The first-order chi connectivity index (χ1) is 5.41. The molecule has 7 heteroatoms. The van der Waals surface area contributed by atoms with Gasteiger partial charge in [-0.2, -0.15) is 13.5 Å². The van der Waals surface area contributed by atoms with Gasteiger partial charge in [-0.05, 0) is 0 Å². The van der Waals surface area contributed by atoms with Crippen molar-refractivity contribution in [2.75, 3.05) is 11.4 Å². The minimum absolute atomic E-state index is 0.306. The monoisotopic (exact) mass is 190 g/mol. The summed E-state index contributed by atoms with van der Waals surface area (Å²) in [6.45, 7) is 0. The predicted molar refractivity (Wildman–Crippen MR) is 44.7 cm³/mol. The van der Waals surface area contributed by atoms with E-state index in [4.69, 9.17) is 5.14 Å². The normalized spacial score (nSPS) is 11.6. The number of hydrogen-bond acceptors (Lipinski definition) is 3. The van der Waals surface area contributed by atoms with Gasteiger partial charge in [-0.3, -0.25) is 4.68 Å². The number of aromatic nitrogens is 2. The summed E-state index contributed by atoms with van der Waals surface area (Å²) in [6, 6.07) is 1.56. The van der Waals surface area contributed by atoms with Gasteiger partial charge in [0.1, 0.15) is 0 Å². The molecule has 1 aromatic heterocycles. The summed E-state index contributed by atoms with van der Waals surface area (Å²) in [6.07, 6.45) is 1.64. The Morgan fingerprint density at radius 2 is 2.25 bits per heavy atom. The van der Waals surface area contributed by atoms with E-state index in [2.05, 4.69) is 5.10 Å². The van der Waals surface area contributed by atoms with Crippen molar-refractivity contribution >= 4 is 16.0 Å². The van der Waals surface area contributed by atoms with Crippen LogP contribution in [0.1, 0.15) is 0 Å². The van der Waals surface area contributed by atoms with Gasteiger partial charge in [0.25, 0.3) is 10.2 Å². The van der Waals surface area contributed by atoms with E-state index in [1.54, 1.807) is 19.3 Å². The highest BCUT2D eigenvalue weighted by atomic mass is 32.2. The zero-order valence-corrected chi connectivity index (χ0v) is 7.61. The molecule has 0 aromatic carbocycles.